The second-order valence-electron chi connectivity index (χ2n) is 17.7. The molecule has 0 fully saturated rings. The van der Waals surface area contributed by atoms with Crippen LogP contribution in [0.1, 0.15) is 25.0 Å². The summed E-state index contributed by atoms with van der Waals surface area (Å²) < 4.78 is 4.75. The third-order valence-electron chi connectivity index (χ3n) is 14.1. The van der Waals surface area contributed by atoms with E-state index in [1.807, 2.05) is 0 Å². The van der Waals surface area contributed by atoms with Crippen LogP contribution in [0.4, 0.5) is 0 Å². The Morgan fingerprint density at radius 1 is 0.397 bits per heavy atom. The molecule has 0 saturated heterocycles. The molecule has 0 saturated carbocycles. The molecule has 4 nitrogen and oxygen atoms in total. The first-order valence-electron chi connectivity index (χ1n) is 21.8. The minimum Gasteiger partial charge on any atom is -0.309 e. The number of benzene rings is 10. The number of hydrogen-bond acceptors (Lipinski definition) is 2. The van der Waals surface area contributed by atoms with Crippen LogP contribution in [0.5, 0.6) is 0 Å². The fourth-order valence-electron chi connectivity index (χ4n) is 11.4. The van der Waals surface area contributed by atoms with Gasteiger partial charge in [-0.2, -0.15) is 0 Å². The predicted octanol–water partition coefficient (Wildman–Crippen LogP) is 15.3. The van der Waals surface area contributed by atoms with Crippen molar-refractivity contribution >= 4 is 86.7 Å². The second-order valence-corrected chi connectivity index (χ2v) is 17.7. The van der Waals surface area contributed by atoms with E-state index in [9.17, 15) is 0 Å². The molecule has 4 heteroatoms. The first kappa shape index (κ1) is 34.6. The standard InChI is InChI=1S/C59H38N4/c1-59(2)48-26-14-12-25-45(48)56-54(59)55(36-29-32-50-47(34-36)42-23-13-15-27-49(42)62(50)37-17-4-3-5-18-37)60-58(61-56)63-51-33-31-44-41-22-9-8-20-39(41)40-21-10-11-24-43(40)52(44)53(51)46-30-28-35-16-6-7-19-38(35)57(46)63/h3-34H,1-2H3. The van der Waals surface area contributed by atoms with Crippen molar-refractivity contribution in [2.45, 2.75) is 19.3 Å². The summed E-state index contributed by atoms with van der Waals surface area (Å²) in [5.41, 5.74) is 12.0. The van der Waals surface area contributed by atoms with E-state index in [0.29, 0.717) is 5.95 Å². The molecule has 0 atom stereocenters. The molecule has 63 heavy (non-hydrogen) atoms. The molecule has 1 aliphatic carbocycles. The molecule has 3 heterocycles. The maximum atomic E-state index is 5.83. The molecule has 13 aromatic rings. The van der Waals surface area contributed by atoms with Crippen LogP contribution in [0.3, 0.4) is 0 Å². The maximum Gasteiger partial charge on any atom is 0.235 e. The Hall–Kier alpha value is -8.08. The Balaban J connectivity index is 1.14. The van der Waals surface area contributed by atoms with Crippen LogP contribution in [0, 0.1) is 0 Å². The summed E-state index contributed by atoms with van der Waals surface area (Å²) in [7, 11) is 0. The van der Waals surface area contributed by atoms with Gasteiger partial charge in [0, 0.05) is 60.1 Å². The van der Waals surface area contributed by atoms with Crippen LogP contribution >= 0.6 is 0 Å². The van der Waals surface area contributed by atoms with Crippen LogP contribution in [0.15, 0.2) is 194 Å². The lowest BCUT2D eigenvalue weighted by Crippen LogP contribution is -2.18. The van der Waals surface area contributed by atoms with E-state index < -0.39 is 0 Å². The number of fused-ring (bicyclic) bond motifs is 18. The molecule has 14 rings (SSSR count). The van der Waals surface area contributed by atoms with Crippen molar-refractivity contribution < 1.29 is 0 Å². The molecular formula is C59H38N4. The fourth-order valence-corrected chi connectivity index (χ4v) is 11.4. The van der Waals surface area contributed by atoms with E-state index in [1.165, 1.54) is 81.2 Å². The highest BCUT2D eigenvalue weighted by molar-refractivity contribution is 6.36. The number of para-hydroxylation sites is 2. The zero-order valence-electron chi connectivity index (χ0n) is 34.8. The van der Waals surface area contributed by atoms with E-state index in [4.69, 9.17) is 9.97 Å². The van der Waals surface area contributed by atoms with E-state index in [0.717, 1.165) is 44.8 Å². The average molecular weight is 803 g/mol. The Labute approximate surface area is 362 Å². The van der Waals surface area contributed by atoms with Crippen LogP contribution in [-0.2, 0) is 5.41 Å². The SMILES string of the molecule is CC1(C)c2ccccc2-c2nc(-n3c4ccc5c6ccccc6c6ccccc6c5c4c4ccc5ccccc5c43)nc(-c3ccc4c(c3)c3ccccc3n4-c3ccccc3)c21. The predicted molar refractivity (Wildman–Crippen MR) is 264 cm³/mol. The summed E-state index contributed by atoms with van der Waals surface area (Å²) >= 11 is 0. The molecule has 0 spiro atoms. The molecule has 1 aliphatic rings. The summed E-state index contributed by atoms with van der Waals surface area (Å²) in [6.45, 7) is 4.67. The lowest BCUT2D eigenvalue weighted by atomic mass is 9.81. The minimum atomic E-state index is -0.337. The van der Waals surface area contributed by atoms with E-state index >= 15 is 0 Å². The Morgan fingerprint density at radius 2 is 0.984 bits per heavy atom. The molecule has 0 amide bonds. The van der Waals surface area contributed by atoms with Crippen molar-refractivity contribution in [2.24, 2.45) is 0 Å². The largest absolute Gasteiger partial charge is 0.309 e. The molecule has 0 bridgehead atoms. The molecule has 0 unspecified atom stereocenters. The van der Waals surface area contributed by atoms with Gasteiger partial charge in [0.15, 0.2) is 0 Å². The zero-order valence-corrected chi connectivity index (χ0v) is 34.8. The van der Waals surface area contributed by atoms with Crippen molar-refractivity contribution in [1.82, 2.24) is 19.1 Å². The smallest absolute Gasteiger partial charge is 0.235 e. The fraction of sp³-hybridized carbons (Fsp3) is 0.0508. The Morgan fingerprint density at radius 3 is 1.79 bits per heavy atom. The number of rotatable bonds is 3. The quantitative estimate of drug-likeness (QED) is 0.167. The van der Waals surface area contributed by atoms with Gasteiger partial charge in [-0.05, 0) is 74.3 Å². The van der Waals surface area contributed by atoms with Crippen LogP contribution in [-0.4, -0.2) is 19.1 Å². The molecule has 0 aliphatic heterocycles. The van der Waals surface area contributed by atoms with Gasteiger partial charge in [-0.25, -0.2) is 9.97 Å². The number of hydrogen-bond donors (Lipinski definition) is 0. The minimum absolute atomic E-state index is 0.337. The normalized spacial score (nSPS) is 13.4. The summed E-state index contributed by atoms with van der Waals surface area (Å²) in [5, 5.41) is 14.7. The van der Waals surface area contributed by atoms with Crippen molar-refractivity contribution in [3.8, 4) is 34.2 Å². The summed E-state index contributed by atoms with van der Waals surface area (Å²) in [6.07, 6.45) is 0. The van der Waals surface area contributed by atoms with Crippen molar-refractivity contribution in [1.29, 1.82) is 0 Å². The van der Waals surface area contributed by atoms with Gasteiger partial charge < -0.3 is 4.57 Å². The number of aromatic nitrogens is 4. The third-order valence-corrected chi connectivity index (χ3v) is 14.1. The van der Waals surface area contributed by atoms with Crippen LogP contribution in [0.2, 0.25) is 0 Å². The molecule has 0 N–H and O–H groups in total. The highest BCUT2D eigenvalue weighted by atomic mass is 15.2. The van der Waals surface area contributed by atoms with Crippen molar-refractivity contribution in [3.63, 3.8) is 0 Å². The van der Waals surface area contributed by atoms with Crippen LogP contribution < -0.4 is 0 Å². The van der Waals surface area contributed by atoms with Gasteiger partial charge in [-0.1, -0.05) is 172 Å². The first-order valence-corrected chi connectivity index (χ1v) is 21.8. The summed E-state index contributed by atoms with van der Waals surface area (Å²) in [6, 6.07) is 70.9. The first-order chi connectivity index (χ1) is 31.0. The van der Waals surface area contributed by atoms with Gasteiger partial charge >= 0.3 is 0 Å². The highest BCUT2D eigenvalue weighted by Crippen LogP contribution is 2.52. The zero-order chi connectivity index (χ0) is 41.6. The van der Waals surface area contributed by atoms with E-state index in [2.05, 4.69) is 217 Å². The Bertz CT molecular complexity index is 4080. The van der Waals surface area contributed by atoms with Gasteiger partial charge in [0.25, 0.3) is 0 Å². The molecule has 10 aromatic carbocycles. The second kappa shape index (κ2) is 12.5. The third kappa shape index (κ3) is 4.59. The Kier molecular flexibility index (Phi) is 6.87. The summed E-state index contributed by atoms with van der Waals surface area (Å²) in [5.74, 6) is 0.670. The maximum absolute atomic E-state index is 5.83. The lowest BCUT2D eigenvalue weighted by Gasteiger charge is -2.24. The monoisotopic (exact) mass is 802 g/mol. The van der Waals surface area contributed by atoms with Gasteiger partial charge in [0.1, 0.15) is 0 Å². The van der Waals surface area contributed by atoms with Gasteiger partial charge in [-0.15, -0.1) is 0 Å². The molecule has 3 aromatic heterocycles. The van der Waals surface area contributed by atoms with E-state index in [1.54, 1.807) is 0 Å². The molecule has 294 valence electrons. The molecule has 0 radical (unpaired) electrons. The van der Waals surface area contributed by atoms with Crippen LogP contribution in [0.25, 0.3) is 121 Å². The van der Waals surface area contributed by atoms with Crippen molar-refractivity contribution in [2.75, 3.05) is 0 Å². The van der Waals surface area contributed by atoms with E-state index in [-0.39, 0.29) is 5.41 Å². The highest BCUT2D eigenvalue weighted by Gasteiger charge is 2.40. The van der Waals surface area contributed by atoms with Gasteiger partial charge in [0.2, 0.25) is 5.95 Å². The number of nitrogens with zero attached hydrogens (tertiary/aromatic N) is 4. The van der Waals surface area contributed by atoms with Gasteiger partial charge in [0.05, 0.1) is 33.5 Å². The van der Waals surface area contributed by atoms with Gasteiger partial charge in [-0.3, -0.25) is 4.57 Å². The lowest BCUT2D eigenvalue weighted by molar-refractivity contribution is 0.657. The van der Waals surface area contributed by atoms with Crippen molar-refractivity contribution in [3.05, 3.63) is 205 Å². The summed E-state index contributed by atoms with van der Waals surface area (Å²) in [4.78, 5) is 11.6. The molecular weight excluding hydrogens is 765 g/mol. The average Bonchev–Trinajstić information content (AvgIpc) is 3.94. The topological polar surface area (TPSA) is 35.6 Å².